The lowest BCUT2D eigenvalue weighted by Gasteiger charge is -2.30. The van der Waals surface area contributed by atoms with Gasteiger partial charge in [0.1, 0.15) is 11.4 Å². The van der Waals surface area contributed by atoms with Crippen LogP contribution in [0.1, 0.15) is 57.6 Å². The standard InChI is InChI=1S/C20H29NO4S/c1-13-6-11-16(18(26)23-5)17(12-13)24-15-9-7-14(8-10-15)21-19(22)25-20(2,3)4/h6,11-12,14-15H,7-10H2,1-5H3,(H,21,22). The predicted octanol–water partition coefficient (Wildman–Crippen LogP) is 4.53. The van der Waals surface area contributed by atoms with E-state index in [1.807, 2.05) is 45.9 Å². The van der Waals surface area contributed by atoms with Crippen molar-refractivity contribution in [1.29, 1.82) is 0 Å². The van der Waals surface area contributed by atoms with Crippen molar-refractivity contribution in [3.63, 3.8) is 0 Å². The Kier molecular flexibility index (Phi) is 6.87. The Hall–Kier alpha value is -1.82. The maximum Gasteiger partial charge on any atom is 0.407 e. The number of alkyl carbamates (subject to hydrolysis) is 1. The number of thiocarbonyl (C=S) groups is 1. The van der Waals surface area contributed by atoms with Gasteiger partial charge in [0, 0.05) is 6.04 Å². The van der Waals surface area contributed by atoms with Crippen LogP contribution in [0.3, 0.4) is 0 Å². The molecule has 0 aliphatic heterocycles. The van der Waals surface area contributed by atoms with Crippen molar-refractivity contribution in [2.75, 3.05) is 7.11 Å². The van der Waals surface area contributed by atoms with Gasteiger partial charge in [-0.2, -0.15) is 0 Å². The molecule has 0 saturated heterocycles. The molecule has 1 aromatic rings. The summed E-state index contributed by atoms with van der Waals surface area (Å²) in [6.07, 6.45) is 3.21. The molecule has 1 N–H and O–H groups in total. The summed E-state index contributed by atoms with van der Waals surface area (Å²) in [6.45, 7) is 7.61. The van der Waals surface area contributed by atoms with E-state index in [1.54, 1.807) is 7.11 Å². The van der Waals surface area contributed by atoms with Crippen LogP contribution in [0.25, 0.3) is 0 Å². The molecule has 1 fully saturated rings. The minimum absolute atomic E-state index is 0.104. The molecular formula is C20H29NO4S. The first-order valence-electron chi connectivity index (χ1n) is 9.03. The maximum atomic E-state index is 11.9. The third kappa shape index (κ3) is 6.16. The van der Waals surface area contributed by atoms with Gasteiger partial charge in [-0.15, -0.1) is 0 Å². The lowest BCUT2D eigenvalue weighted by molar-refractivity contribution is 0.0470. The molecule has 0 atom stereocenters. The van der Waals surface area contributed by atoms with Gasteiger partial charge < -0.3 is 19.5 Å². The first-order chi connectivity index (χ1) is 12.2. The smallest absolute Gasteiger partial charge is 0.407 e. The van der Waals surface area contributed by atoms with E-state index >= 15 is 0 Å². The molecule has 2 rings (SSSR count). The van der Waals surface area contributed by atoms with E-state index in [0.717, 1.165) is 42.6 Å². The molecule has 5 nitrogen and oxygen atoms in total. The number of rotatable bonds is 4. The van der Waals surface area contributed by atoms with Gasteiger partial charge in [-0.1, -0.05) is 6.07 Å². The van der Waals surface area contributed by atoms with Gasteiger partial charge in [-0.25, -0.2) is 4.79 Å². The van der Waals surface area contributed by atoms with Crippen LogP contribution < -0.4 is 10.1 Å². The molecule has 0 unspecified atom stereocenters. The molecule has 6 heteroatoms. The van der Waals surface area contributed by atoms with Crippen molar-refractivity contribution in [3.05, 3.63) is 29.3 Å². The highest BCUT2D eigenvalue weighted by Crippen LogP contribution is 2.28. The summed E-state index contributed by atoms with van der Waals surface area (Å²) in [5.74, 6) is 0.764. The van der Waals surface area contributed by atoms with E-state index in [2.05, 4.69) is 5.32 Å². The molecule has 144 valence electrons. The summed E-state index contributed by atoms with van der Waals surface area (Å²) in [6, 6.07) is 6.05. The second-order valence-corrected chi connectivity index (χ2v) is 8.10. The van der Waals surface area contributed by atoms with Crippen LogP contribution in [0.15, 0.2) is 18.2 Å². The fourth-order valence-electron chi connectivity index (χ4n) is 2.98. The fraction of sp³-hybridized carbons (Fsp3) is 0.600. The largest absolute Gasteiger partial charge is 0.490 e. The summed E-state index contributed by atoms with van der Waals surface area (Å²) < 4.78 is 16.7. The van der Waals surface area contributed by atoms with E-state index in [9.17, 15) is 4.79 Å². The van der Waals surface area contributed by atoms with E-state index < -0.39 is 5.60 Å². The zero-order valence-electron chi connectivity index (χ0n) is 16.3. The Balaban J connectivity index is 1.90. The van der Waals surface area contributed by atoms with Crippen molar-refractivity contribution in [3.8, 4) is 5.75 Å². The molecule has 1 saturated carbocycles. The van der Waals surface area contributed by atoms with Crippen molar-refractivity contribution in [2.24, 2.45) is 0 Å². The number of ether oxygens (including phenoxy) is 3. The van der Waals surface area contributed by atoms with Crippen molar-refractivity contribution < 1.29 is 19.0 Å². The minimum atomic E-state index is -0.480. The number of amides is 1. The number of hydrogen-bond donors (Lipinski definition) is 1. The number of aryl methyl sites for hydroxylation is 1. The topological polar surface area (TPSA) is 56.8 Å². The van der Waals surface area contributed by atoms with Crippen molar-refractivity contribution in [2.45, 2.75) is 71.1 Å². The molecule has 0 aromatic heterocycles. The van der Waals surface area contributed by atoms with Gasteiger partial charge in [0.05, 0.1) is 18.8 Å². The highest BCUT2D eigenvalue weighted by Gasteiger charge is 2.26. The summed E-state index contributed by atoms with van der Waals surface area (Å²) in [5, 5.41) is 3.38. The lowest BCUT2D eigenvalue weighted by Crippen LogP contribution is -2.42. The second kappa shape index (κ2) is 8.71. The third-order valence-electron chi connectivity index (χ3n) is 4.23. The van der Waals surface area contributed by atoms with Gasteiger partial charge in [0.25, 0.3) is 0 Å². The van der Waals surface area contributed by atoms with E-state index in [-0.39, 0.29) is 18.2 Å². The summed E-state index contributed by atoms with van der Waals surface area (Å²) >= 11 is 5.27. The Morgan fingerprint density at radius 1 is 1.19 bits per heavy atom. The molecule has 1 aliphatic rings. The van der Waals surface area contributed by atoms with Crippen LogP contribution in [0, 0.1) is 6.92 Å². The van der Waals surface area contributed by atoms with E-state index in [0.29, 0.717) is 5.05 Å². The average Bonchev–Trinajstić information content (AvgIpc) is 2.54. The summed E-state index contributed by atoms with van der Waals surface area (Å²) in [4.78, 5) is 11.9. The Labute approximate surface area is 161 Å². The number of carbonyl (C=O) groups is 1. The molecule has 0 radical (unpaired) electrons. The molecule has 0 spiro atoms. The number of benzene rings is 1. The van der Waals surface area contributed by atoms with Crippen LogP contribution in [0.5, 0.6) is 5.75 Å². The Bertz CT molecular complexity index is 646. The van der Waals surface area contributed by atoms with Crippen molar-refractivity contribution in [1.82, 2.24) is 5.32 Å². The van der Waals surface area contributed by atoms with Gasteiger partial charge in [-0.05, 0) is 83.3 Å². The second-order valence-electron chi connectivity index (χ2n) is 7.73. The molecule has 0 heterocycles. The van der Waals surface area contributed by atoms with Gasteiger partial charge in [-0.3, -0.25) is 0 Å². The van der Waals surface area contributed by atoms with Crippen LogP contribution in [-0.4, -0.2) is 36.0 Å². The zero-order valence-corrected chi connectivity index (χ0v) is 17.1. The van der Waals surface area contributed by atoms with Crippen LogP contribution >= 0.6 is 12.2 Å². The Morgan fingerprint density at radius 3 is 2.42 bits per heavy atom. The first-order valence-corrected chi connectivity index (χ1v) is 9.44. The summed E-state index contributed by atoms with van der Waals surface area (Å²) in [7, 11) is 1.57. The zero-order chi connectivity index (χ0) is 19.3. The molecule has 1 aromatic carbocycles. The molecule has 1 amide bonds. The third-order valence-corrected chi connectivity index (χ3v) is 4.62. The molecule has 1 aliphatic carbocycles. The first kappa shape index (κ1) is 20.5. The number of methoxy groups -OCH3 is 1. The SMILES string of the molecule is COC(=S)c1ccc(C)cc1OC1CCC(NC(=O)OC(C)(C)C)CC1. The van der Waals surface area contributed by atoms with Gasteiger partial charge in [0.2, 0.25) is 0 Å². The highest BCUT2D eigenvalue weighted by molar-refractivity contribution is 7.80. The van der Waals surface area contributed by atoms with E-state index in [4.69, 9.17) is 26.4 Å². The fourth-order valence-corrected chi connectivity index (χ4v) is 3.15. The Morgan fingerprint density at radius 2 is 1.85 bits per heavy atom. The number of nitrogens with one attached hydrogen (secondary N) is 1. The highest BCUT2D eigenvalue weighted by atomic mass is 32.1. The quantitative estimate of drug-likeness (QED) is 0.779. The number of carbonyl (C=O) groups excluding carboxylic acids is 1. The van der Waals surface area contributed by atoms with Crippen LogP contribution in [-0.2, 0) is 9.47 Å². The summed E-state index contributed by atoms with van der Waals surface area (Å²) in [5.41, 5.74) is 1.44. The van der Waals surface area contributed by atoms with Crippen LogP contribution in [0.4, 0.5) is 4.79 Å². The predicted molar refractivity (Wildman–Crippen MR) is 106 cm³/mol. The minimum Gasteiger partial charge on any atom is -0.490 e. The van der Waals surface area contributed by atoms with Crippen LogP contribution in [0.2, 0.25) is 0 Å². The lowest BCUT2D eigenvalue weighted by atomic mass is 9.93. The van der Waals surface area contributed by atoms with Crippen molar-refractivity contribution >= 4 is 23.4 Å². The monoisotopic (exact) mass is 379 g/mol. The van der Waals surface area contributed by atoms with Gasteiger partial charge in [0.15, 0.2) is 5.05 Å². The molecule has 0 bridgehead atoms. The molecular weight excluding hydrogens is 350 g/mol. The molecule has 26 heavy (non-hydrogen) atoms. The maximum absolute atomic E-state index is 11.9. The van der Waals surface area contributed by atoms with Gasteiger partial charge >= 0.3 is 6.09 Å². The van der Waals surface area contributed by atoms with E-state index in [1.165, 1.54) is 0 Å². The average molecular weight is 380 g/mol. The number of hydrogen-bond acceptors (Lipinski definition) is 5. The normalized spacial score (nSPS) is 20.2.